The van der Waals surface area contributed by atoms with Crippen molar-refractivity contribution in [3.63, 3.8) is 0 Å². The molecule has 57 heavy (non-hydrogen) atoms. The molecule has 1 aromatic heterocycles. The van der Waals surface area contributed by atoms with Crippen molar-refractivity contribution in [2.75, 3.05) is 39.1 Å². The zero-order valence-electron chi connectivity index (χ0n) is 32.2. The molecule has 1 fully saturated rings. The minimum Gasteiger partial charge on any atom is -0.493 e. The van der Waals surface area contributed by atoms with Crippen LogP contribution in [0.15, 0.2) is 71.9 Å². The highest BCUT2D eigenvalue weighted by Gasteiger charge is 2.36. The van der Waals surface area contributed by atoms with E-state index < -0.39 is 45.9 Å². The largest absolute Gasteiger partial charge is 0.493 e. The highest BCUT2D eigenvalue weighted by molar-refractivity contribution is 7.90. The molecule has 4 aromatic rings. The van der Waals surface area contributed by atoms with Gasteiger partial charge >= 0.3 is 11.9 Å². The van der Waals surface area contributed by atoms with Crippen LogP contribution in [0.25, 0.3) is 11.1 Å². The summed E-state index contributed by atoms with van der Waals surface area (Å²) in [5.41, 5.74) is 4.08. The van der Waals surface area contributed by atoms with Crippen LogP contribution in [0.2, 0.25) is 5.02 Å². The number of nitrogens with zero attached hydrogens (tertiary/aromatic N) is 2. The van der Waals surface area contributed by atoms with Crippen molar-refractivity contribution in [2.24, 2.45) is 5.92 Å². The molecule has 0 amide bonds. The molecule has 5 N–H and O–H groups in total. The molecule has 1 aliphatic rings. The van der Waals surface area contributed by atoms with Crippen LogP contribution >= 0.6 is 11.6 Å². The number of β-amino-alcohol motifs (C(OH)–C–C–N with tert-alkyl or cyclic N) is 1. The maximum atomic E-state index is 12.1. The fourth-order valence-electron chi connectivity index (χ4n) is 6.47. The van der Waals surface area contributed by atoms with Crippen LogP contribution in [0.4, 0.5) is 0 Å². The summed E-state index contributed by atoms with van der Waals surface area (Å²) in [5, 5.41) is 41.8. The zero-order chi connectivity index (χ0) is 41.5. The number of benzene rings is 3. The normalized spacial score (nSPS) is 16.9. The van der Waals surface area contributed by atoms with Crippen molar-refractivity contribution in [1.82, 2.24) is 15.2 Å². The van der Waals surface area contributed by atoms with Gasteiger partial charge in [0.2, 0.25) is 0 Å². The number of aliphatic carboxylic acids is 2. The van der Waals surface area contributed by atoms with E-state index in [1.54, 1.807) is 12.1 Å². The molecular formula is C41H48ClN3O11S. The molecule has 3 aromatic carbocycles. The van der Waals surface area contributed by atoms with Gasteiger partial charge in [-0.2, -0.15) is 0 Å². The summed E-state index contributed by atoms with van der Waals surface area (Å²) in [5.74, 6) is -1.69. The quantitative estimate of drug-likeness (QED) is 0.0817. The van der Waals surface area contributed by atoms with E-state index in [1.807, 2.05) is 55.1 Å². The maximum Gasteiger partial charge on any atom is 0.326 e. The highest BCUT2D eigenvalue weighted by Crippen LogP contribution is 2.36. The van der Waals surface area contributed by atoms with E-state index in [0.29, 0.717) is 49.5 Å². The van der Waals surface area contributed by atoms with Gasteiger partial charge in [0.15, 0.2) is 9.84 Å². The van der Waals surface area contributed by atoms with Gasteiger partial charge < -0.3 is 34.6 Å². The maximum absolute atomic E-state index is 12.1. The number of hydrogen-bond donors (Lipinski definition) is 5. The number of aliphatic hydroxyl groups is 2. The Kier molecular flexibility index (Phi) is 14.2. The third-order valence-corrected chi connectivity index (χ3v) is 11.5. The average molecular weight is 826 g/mol. The van der Waals surface area contributed by atoms with Gasteiger partial charge in [0.05, 0.1) is 35.2 Å². The molecule has 1 aliphatic heterocycles. The first-order chi connectivity index (χ1) is 27.0. The number of ether oxygens (including phenoxy) is 3. The number of halogens is 1. The van der Waals surface area contributed by atoms with Gasteiger partial charge in [-0.25, -0.2) is 8.42 Å². The lowest BCUT2D eigenvalue weighted by atomic mass is 9.93. The predicted octanol–water partition coefficient (Wildman–Crippen LogP) is 4.65. The molecule has 0 radical (unpaired) electrons. The highest BCUT2D eigenvalue weighted by atomic mass is 35.5. The number of carboxylic acids is 2. The van der Waals surface area contributed by atoms with Crippen molar-refractivity contribution < 1.29 is 52.6 Å². The fourth-order valence-corrected chi connectivity index (χ4v) is 7.33. The molecule has 16 heteroatoms. The Balaban J connectivity index is 1.31. The van der Waals surface area contributed by atoms with E-state index in [-0.39, 0.29) is 35.4 Å². The van der Waals surface area contributed by atoms with Crippen molar-refractivity contribution in [2.45, 2.75) is 63.5 Å². The van der Waals surface area contributed by atoms with E-state index in [1.165, 1.54) is 25.4 Å². The van der Waals surface area contributed by atoms with Crippen molar-refractivity contribution >= 4 is 33.4 Å². The molecule has 306 valence electrons. The van der Waals surface area contributed by atoms with Gasteiger partial charge in [0.25, 0.3) is 0 Å². The number of aromatic nitrogens is 1. The SMILES string of the molecule is Cc1c(COc2cc(OCc3cncc(S(C)(=O)=O)c3)c(CNC(C)(CO)C(=O)O)cc2Cl)cccc1-c1cccc(OCCCN2CC(O)C(C(=O)O)C2)c1C. The second-order valence-corrected chi connectivity index (χ2v) is 16.8. The van der Waals surface area contributed by atoms with E-state index in [4.69, 9.17) is 25.8 Å². The lowest BCUT2D eigenvalue weighted by Crippen LogP contribution is -2.52. The number of sulfone groups is 1. The van der Waals surface area contributed by atoms with Gasteiger partial charge in [-0.05, 0) is 73.2 Å². The Morgan fingerprint density at radius 1 is 0.930 bits per heavy atom. The van der Waals surface area contributed by atoms with E-state index in [9.17, 15) is 38.4 Å². The van der Waals surface area contributed by atoms with Crippen LogP contribution in [0.1, 0.15) is 41.2 Å². The van der Waals surface area contributed by atoms with Crippen LogP contribution in [0, 0.1) is 19.8 Å². The molecule has 3 atom stereocenters. The Hall–Kier alpha value is -4.77. The Morgan fingerprint density at radius 3 is 2.30 bits per heavy atom. The number of likely N-dealkylation sites (tertiary alicyclic amines) is 1. The van der Waals surface area contributed by atoms with Crippen LogP contribution < -0.4 is 19.5 Å². The van der Waals surface area contributed by atoms with Gasteiger partial charge in [-0.15, -0.1) is 0 Å². The Labute approximate surface area is 336 Å². The van der Waals surface area contributed by atoms with Crippen LogP contribution in [0.5, 0.6) is 17.2 Å². The first kappa shape index (κ1) is 43.4. The molecule has 14 nitrogen and oxygen atoms in total. The van der Waals surface area contributed by atoms with Gasteiger partial charge in [0, 0.05) is 62.0 Å². The Morgan fingerprint density at radius 2 is 1.63 bits per heavy atom. The smallest absolute Gasteiger partial charge is 0.326 e. The van der Waals surface area contributed by atoms with E-state index in [2.05, 4.69) is 10.3 Å². The summed E-state index contributed by atoms with van der Waals surface area (Å²) in [4.78, 5) is 29.2. The molecule has 2 heterocycles. The number of carbonyl (C=O) groups is 2. The number of nitrogens with one attached hydrogen (secondary N) is 1. The summed E-state index contributed by atoms with van der Waals surface area (Å²) in [7, 11) is -3.51. The average Bonchev–Trinajstić information content (AvgIpc) is 3.55. The van der Waals surface area contributed by atoms with Gasteiger partial charge in [-0.1, -0.05) is 41.9 Å². The summed E-state index contributed by atoms with van der Waals surface area (Å²) in [6, 6.07) is 16.4. The number of carboxylic acid groups (broad SMARTS) is 2. The minimum absolute atomic E-state index is 0.0339. The first-order valence-corrected chi connectivity index (χ1v) is 20.5. The summed E-state index contributed by atoms with van der Waals surface area (Å²) in [6.07, 6.45) is 3.61. The molecule has 0 aliphatic carbocycles. The zero-order valence-corrected chi connectivity index (χ0v) is 33.8. The summed E-state index contributed by atoms with van der Waals surface area (Å²) < 4.78 is 42.8. The minimum atomic E-state index is -3.51. The third kappa shape index (κ3) is 10.8. The lowest BCUT2D eigenvalue weighted by Gasteiger charge is -2.25. The van der Waals surface area contributed by atoms with E-state index in [0.717, 1.165) is 39.8 Å². The number of aliphatic hydroxyl groups excluding tert-OH is 2. The first-order valence-electron chi connectivity index (χ1n) is 18.3. The van der Waals surface area contributed by atoms with Crippen LogP contribution in [-0.2, 0) is 39.2 Å². The fraction of sp³-hybridized carbons (Fsp3) is 0.390. The van der Waals surface area contributed by atoms with E-state index >= 15 is 0 Å². The van der Waals surface area contributed by atoms with Crippen LogP contribution in [0.3, 0.4) is 0 Å². The molecular weight excluding hydrogens is 778 g/mol. The van der Waals surface area contributed by atoms with Crippen molar-refractivity contribution in [3.8, 4) is 28.4 Å². The number of hydrogen-bond acceptors (Lipinski definition) is 12. The summed E-state index contributed by atoms with van der Waals surface area (Å²) >= 11 is 6.72. The molecule has 0 bridgehead atoms. The standard InChI is InChI=1S/C41H48ClN3O11S/c1-25-28(8-5-9-31(25)32-10-6-11-36(26(32)2)54-13-7-12-45-20-33(39(48)49)35(47)21-45)23-56-38-16-37(55-22-27-14-30(19-43-17-27)57(4,52)53)29(15-34(38)42)18-44-41(3,24-46)40(50)51/h5-6,8-11,14-17,19,33,35,44,46-47H,7,12-13,18,20-24H2,1-4H3,(H,48,49)(H,50,51). The molecule has 0 spiro atoms. The summed E-state index contributed by atoms with van der Waals surface area (Å²) in [6.45, 7) is 6.38. The predicted molar refractivity (Wildman–Crippen MR) is 212 cm³/mol. The third-order valence-electron chi connectivity index (χ3n) is 10.1. The molecule has 0 saturated carbocycles. The second-order valence-electron chi connectivity index (χ2n) is 14.4. The monoisotopic (exact) mass is 825 g/mol. The van der Waals surface area contributed by atoms with Crippen LogP contribution in [-0.4, -0.2) is 101 Å². The number of rotatable bonds is 19. The van der Waals surface area contributed by atoms with Gasteiger partial charge in [-0.3, -0.25) is 24.8 Å². The van der Waals surface area contributed by atoms with Crippen molar-refractivity contribution in [3.05, 3.63) is 99.8 Å². The molecule has 3 unspecified atom stereocenters. The Bertz CT molecular complexity index is 2200. The number of pyridine rings is 1. The topological polar surface area (TPSA) is 205 Å². The molecule has 5 rings (SSSR count). The lowest BCUT2D eigenvalue weighted by molar-refractivity contribution is -0.146. The second kappa shape index (κ2) is 18.7. The van der Waals surface area contributed by atoms with Gasteiger partial charge in [0.1, 0.15) is 36.0 Å². The van der Waals surface area contributed by atoms with Crippen molar-refractivity contribution in [1.29, 1.82) is 0 Å². The molecule has 1 saturated heterocycles.